The molecule has 12 heteroatoms. The van der Waals surface area contributed by atoms with Crippen molar-refractivity contribution in [3.63, 3.8) is 0 Å². The monoisotopic (exact) mass is 372 g/mol. The third kappa shape index (κ3) is 3.96. The molecule has 2 aromatic heterocycles. The topological polar surface area (TPSA) is 111 Å². The lowest BCUT2D eigenvalue weighted by atomic mass is 10.3. The summed E-state index contributed by atoms with van der Waals surface area (Å²) >= 11 is 0. The van der Waals surface area contributed by atoms with Gasteiger partial charge < -0.3 is 19.3 Å². The van der Waals surface area contributed by atoms with Gasteiger partial charge in [0.2, 0.25) is 0 Å². The van der Waals surface area contributed by atoms with Crippen LogP contribution in [0.2, 0.25) is 0 Å². The molecule has 26 heavy (non-hydrogen) atoms. The number of aromatic nitrogens is 4. The van der Waals surface area contributed by atoms with Crippen LogP contribution in [-0.4, -0.2) is 39.3 Å². The summed E-state index contributed by atoms with van der Waals surface area (Å²) < 4.78 is 46.0. The molecule has 0 saturated heterocycles. The summed E-state index contributed by atoms with van der Waals surface area (Å²) in [5.41, 5.74) is -1.41. The maximum absolute atomic E-state index is 12.2. The average Bonchev–Trinajstić information content (AvgIpc) is 3.01. The lowest BCUT2D eigenvalue weighted by molar-refractivity contribution is -0.274. The Hall–Kier alpha value is -3.44. The molecule has 0 unspecified atom stereocenters. The quantitative estimate of drug-likeness (QED) is 0.620. The Morgan fingerprint density at radius 2 is 1.92 bits per heavy atom. The van der Waals surface area contributed by atoms with Gasteiger partial charge in [0.25, 0.3) is 0 Å². The fraction of sp³-hybridized carbons (Fsp3) is 0.214. The van der Waals surface area contributed by atoms with Gasteiger partial charge in [0.05, 0.1) is 6.33 Å². The Bertz CT molecular complexity index is 1020. The number of aromatic amines is 2. The molecule has 0 radical (unpaired) electrons. The molecule has 0 aliphatic rings. The number of benzene rings is 1. The number of ether oxygens (including phenoxy) is 2. The van der Waals surface area contributed by atoms with E-state index < -0.39 is 23.4 Å². The van der Waals surface area contributed by atoms with Gasteiger partial charge in [-0.3, -0.25) is 9.78 Å². The van der Waals surface area contributed by atoms with Gasteiger partial charge in [-0.1, -0.05) is 10.8 Å². The lowest BCUT2D eigenvalue weighted by Gasteiger charge is -2.11. The smallest absolute Gasteiger partial charge is 0.490 e. The van der Waals surface area contributed by atoms with E-state index in [0.29, 0.717) is 4.73 Å². The van der Waals surface area contributed by atoms with Crippen molar-refractivity contribution in [1.82, 2.24) is 19.7 Å². The van der Waals surface area contributed by atoms with Crippen LogP contribution in [0.1, 0.15) is 0 Å². The van der Waals surface area contributed by atoms with Gasteiger partial charge in [-0.25, -0.2) is 9.78 Å². The van der Waals surface area contributed by atoms with E-state index in [1.807, 2.05) is 0 Å². The number of imidazole rings is 1. The van der Waals surface area contributed by atoms with Gasteiger partial charge in [-0.2, -0.15) is 0 Å². The summed E-state index contributed by atoms with van der Waals surface area (Å²) in [6.45, 7) is -0.352. The summed E-state index contributed by atoms with van der Waals surface area (Å²) in [6, 6.07) is 4.90. The van der Waals surface area contributed by atoms with Crippen molar-refractivity contribution in [2.75, 3.05) is 13.2 Å². The maximum atomic E-state index is 12.2. The van der Waals surface area contributed by atoms with Gasteiger partial charge >= 0.3 is 17.6 Å². The molecule has 2 N–H and O–H groups in total. The van der Waals surface area contributed by atoms with Crippen LogP contribution in [-0.2, 0) is 0 Å². The largest absolute Gasteiger partial charge is 0.573 e. The zero-order valence-electron chi connectivity index (χ0n) is 12.9. The van der Waals surface area contributed by atoms with Crippen LogP contribution in [0.25, 0.3) is 11.2 Å². The second-order valence-corrected chi connectivity index (χ2v) is 4.86. The fourth-order valence-electron chi connectivity index (χ4n) is 2.06. The van der Waals surface area contributed by atoms with Crippen LogP contribution in [0.5, 0.6) is 11.5 Å². The molecule has 2 heterocycles. The predicted octanol–water partition coefficient (Wildman–Crippen LogP) is 0.819. The highest BCUT2D eigenvalue weighted by atomic mass is 19.4. The van der Waals surface area contributed by atoms with E-state index in [2.05, 4.69) is 19.7 Å². The van der Waals surface area contributed by atoms with Crippen molar-refractivity contribution in [1.29, 1.82) is 0 Å². The molecule has 0 bridgehead atoms. The van der Waals surface area contributed by atoms with Crippen molar-refractivity contribution < 1.29 is 27.5 Å². The number of hydrogen-bond donors (Lipinski definition) is 2. The predicted molar refractivity (Wildman–Crippen MR) is 81.0 cm³/mol. The minimum Gasteiger partial charge on any atom is -0.490 e. The van der Waals surface area contributed by atoms with E-state index in [-0.39, 0.29) is 30.1 Å². The zero-order valence-corrected chi connectivity index (χ0v) is 12.9. The summed E-state index contributed by atoms with van der Waals surface area (Å²) in [6.07, 6.45) is -3.57. The van der Waals surface area contributed by atoms with Crippen molar-refractivity contribution in [3.05, 3.63) is 51.4 Å². The van der Waals surface area contributed by atoms with Crippen LogP contribution in [0, 0.1) is 0 Å². The van der Waals surface area contributed by atoms with Gasteiger partial charge in [-0.05, 0) is 12.1 Å². The molecular formula is C14H11F3N4O5. The summed E-state index contributed by atoms with van der Waals surface area (Å²) in [5, 5.41) is 0. The average molecular weight is 372 g/mol. The highest BCUT2D eigenvalue weighted by Crippen LogP contribution is 2.25. The molecule has 138 valence electrons. The number of rotatable bonds is 6. The summed E-state index contributed by atoms with van der Waals surface area (Å²) in [7, 11) is 0. The van der Waals surface area contributed by atoms with Crippen molar-refractivity contribution >= 4 is 11.2 Å². The first-order valence-electron chi connectivity index (χ1n) is 7.14. The second-order valence-electron chi connectivity index (χ2n) is 4.86. The molecule has 0 aliphatic heterocycles. The number of alkyl halides is 3. The highest BCUT2D eigenvalue weighted by molar-refractivity contribution is 5.67. The van der Waals surface area contributed by atoms with E-state index in [1.165, 1.54) is 18.5 Å². The Morgan fingerprint density at radius 1 is 1.15 bits per heavy atom. The summed E-state index contributed by atoms with van der Waals surface area (Å²) in [4.78, 5) is 37.5. The molecule has 1 aromatic carbocycles. The van der Waals surface area contributed by atoms with Crippen LogP contribution >= 0.6 is 0 Å². The molecule has 0 amide bonds. The number of nitrogens with one attached hydrogen (secondary N) is 2. The molecule has 0 atom stereocenters. The molecule has 0 fully saturated rings. The van der Waals surface area contributed by atoms with Crippen LogP contribution in [0.4, 0.5) is 13.2 Å². The maximum Gasteiger partial charge on any atom is 0.573 e. The normalized spacial score (nSPS) is 11.5. The van der Waals surface area contributed by atoms with Gasteiger partial charge in [0, 0.05) is 6.07 Å². The molecule has 0 aliphatic carbocycles. The first kappa shape index (κ1) is 17.4. The molecule has 9 nitrogen and oxygen atoms in total. The van der Waals surface area contributed by atoms with E-state index in [4.69, 9.17) is 9.57 Å². The third-order valence-corrected chi connectivity index (χ3v) is 3.06. The molecular weight excluding hydrogens is 361 g/mol. The van der Waals surface area contributed by atoms with E-state index in [9.17, 15) is 22.8 Å². The fourth-order valence-corrected chi connectivity index (χ4v) is 2.06. The minimum atomic E-state index is -4.81. The standard InChI is InChI=1S/C14H11F3N4O5/c15-14(16,17)26-9-3-1-2-8(6-9)24-4-5-25-21-12(22)10-11(19-7-18-10)20-13(21)23/h1-3,6-7H,4-5H2,(H,18,19)(H,20,23). The van der Waals surface area contributed by atoms with Crippen LogP contribution < -0.4 is 25.6 Å². The van der Waals surface area contributed by atoms with E-state index >= 15 is 0 Å². The minimum absolute atomic E-state index is 0.0579. The zero-order chi connectivity index (χ0) is 18.7. The second kappa shape index (κ2) is 6.82. The van der Waals surface area contributed by atoms with Crippen molar-refractivity contribution in [3.8, 4) is 11.5 Å². The molecule has 0 saturated carbocycles. The van der Waals surface area contributed by atoms with Gasteiger partial charge in [-0.15, -0.1) is 13.2 Å². The highest BCUT2D eigenvalue weighted by Gasteiger charge is 2.31. The number of halogens is 3. The molecule has 3 aromatic rings. The van der Waals surface area contributed by atoms with Crippen molar-refractivity contribution in [2.45, 2.75) is 6.36 Å². The molecule has 3 rings (SSSR count). The lowest BCUT2D eigenvalue weighted by Crippen LogP contribution is -2.41. The number of H-pyrrole nitrogens is 2. The van der Waals surface area contributed by atoms with Gasteiger partial charge in [0.15, 0.2) is 11.2 Å². The third-order valence-electron chi connectivity index (χ3n) is 3.06. The first-order chi connectivity index (χ1) is 12.3. The Kier molecular flexibility index (Phi) is 4.56. The van der Waals surface area contributed by atoms with E-state index in [1.54, 1.807) is 0 Å². The SMILES string of the molecule is O=c1[nH]c2nc[nH]c2c(=O)n1OCCOc1cccc(OC(F)(F)F)c1. The number of fused-ring (bicyclic) bond motifs is 1. The molecule has 0 spiro atoms. The van der Waals surface area contributed by atoms with Gasteiger partial charge in [0.1, 0.15) is 24.7 Å². The first-order valence-corrected chi connectivity index (χ1v) is 7.14. The Morgan fingerprint density at radius 3 is 2.69 bits per heavy atom. The van der Waals surface area contributed by atoms with Crippen LogP contribution in [0.15, 0.2) is 40.2 Å². The summed E-state index contributed by atoms with van der Waals surface area (Å²) in [5.74, 6) is -0.339. The number of nitrogens with zero attached hydrogens (tertiary/aromatic N) is 2. The Balaban J connectivity index is 1.60. The van der Waals surface area contributed by atoms with Crippen molar-refractivity contribution in [2.24, 2.45) is 0 Å². The number of hydrogen-bond acceptors (Lipinski definition) is 6. The Labute approximate surface area is 141 Å². The van der Waals surface area contributed by atoms with Crippen LogP contribution in [0.3, 0.4) is 0 Å². The van der Waals surface area contributed by atoms with E-state index in [0.717, 1.165) is 12.1 Å².